The van der Waals surface area contributed by atoms with E-state index in [-0.39, 0.29) is 5.56 Å². The number of anilines is 1. The van der Waals surface area contributed by atoms with E-state index >= 15 is 0 Å². The average molecular weight is 521 g/mol. The second kappa shape index (κ2) is 11.2. The molecule has 0 aliphatic carbocycles. The Morgan fingerprint density at radius 2 is 1.74 bits per heavy atom. The zero-order valence-electron chi connectivity index (χ0n) is 22.5. The molecule has 5 heteroatoms. The van der Waals surface area contributed by atoms with Crippen LogP contribution in [-0.4, -0.2) is 11.1 Å². The zero-order valence-corrected chi connectivity index (χ0v) is 23.3. The maximum Gasteiger partial charge on any atom is 0.269 e. The smallest absolute Gasteiger partial charge is 0.269 e. The highest BCUT2D eigenvalue weighted by Gasteiger charge is 2.15. The number of hydrogen-bond donors (Lipinski definition) is 0. The van der Waals surface area contributed by atoms with Gasteiger partial charge in [-0.1, -0.05) is 42.5 Å². The summed E-state index contributed by atoms with van der Waals surface area (Å²) in [4.78, 5) is 15.6. The van der Waals surface area contributed by atoms with E-state index in [1.165, 1.54) is 22.2 Å². The van der Waals surface area contributed by atoms with Crippen LogP contribution in [0.15, 0.2) is 95.0 Å². The van der Waals surface area contributed by atoms with E-state index in [4.69, 9.17) is 0 Å². The van der Waals surface area contributed by atoms with Gasteiger partial charge in [-0.3, -0.25) is 9.36 Å². The van der Waals surface area contributed by atoms with Crippen molar-refractivity contribution in [2.45, 2.75) is 40.8 Å². The van der Waals surface area contributed by atoms with Gasteiger partial charge in [-0.25, -0.2) is 0 Å². The minimum atomic E-state index is 0.0645. The first-order chi connectivity index (χ1) is 18.5. The lowest BCUT2D eigenvalue weighted by molar-refractivity contribution is -0.669. The van der Waals surface area contributed by atoms with Crippen LogP contribution in [-0.2, 0) is 13.1 Å². The molecular weight excluding hydrogens is 486 g/mol. The van der Waals surface area contributed by atoms with Crippen molar-refractivity contribution in [3.8, 4) is 0 Å². The molecule has 192 valence electrons. The molecule has 1 aliphatic rings. The number of thiazole rings is 1. The van der Waals surface area contributed by atoms with E-state index in [0.29, 0.717) is 6.54 Å². The monoisotopic (exact) mass is 520 g/mol. The third-order valence-electron chi connectivity index (χ3n) is 6.98. The Hall–Kier alpha value is -3.96. The van der Waals surface area contributed by atoms with Crippen molar-refractivity contribution >= 4 is 46.2 Å². The van der Waals surface area contributed by atoms with Crippen molar-refractivity contribution in [1.82, 2.24) is 4.57 Å². The number of hydrogen-bond acceptors (Lipinski definition) is 3. The molecule has 0 spiro atoms. The van der Waals surface area contributed by atoms with Crippen molar-refractivity contribution in [2.75, 3.05) is 11.4 Å². The largest absolute Gasteiger partial charge is 0.341 e. The third-order valence-corrected chi connectivity index (χ3v) is 8.04. The first-order valence-electron chi connectivity index (χ1n) is 13.3. The molecule has 2 aromatic carbocycles. The van der Waals surface area contributed by atoms with Crippen LogP contribution in [0.2, 0.25) is 0 Å². The molecule has 0 bridgehead atoms. The number of rotatable bonds is 6. The van der Waals surface area contributed by atoms with Crippen LogP contribution in [0.1, 0.15) is 39.0 Å². The van der Waals surface area contributed by atoms with Crippen LogP contribution in [0, 0.1) is 0 Å². The van der Waals surface area contributed by atoms with Gasteiger partial charge < -0.3 is 4.90 Å². The fourth-order valence-corrected chi connectivity index (χ4v) is 6.24. The summed E-state index contributed by atoms with van der Waals surface area (Å²) in [5, 5.41) is 1.22. The molecule has 2 aromatic heterocycles. The van der Waals surface area contributed by atoms with Gasteiger partial charge in [0, 0.05) is 48.1 Å². The van der Waals surface area contributed by atoms with Crippen LogP contribution in [0.5, 0.6) is 0 Å². The number of fused-ring (bicyclic) bond motifs is 2. The number of allylic oxidation sites excluding steroid dienone is 4. The van der Waals surface area contributed by atoms with E-state index in [2.05, 4.69) is 121 Å². The molecule has 0 amide bonds. The number of likely N-dealkylation sites (N-methyl/N-ethyl adjacent to an activating group) is 1. The fourth-order valence-electron chi connectivity index (χ4n) is 5.08. The summed E-state index contributed by atoms with van der Waals surface area (Å²) in [6.07, 6.45) is 12.7. The van der Waals surface area contributed by atoms with E-state index < -0.39 is 0 Å². The summed E-state index contributed by atoms with van der Waals surface area (Å²) < 4.78 is 5.90. The van der Waals surface area contributed by atoms with Crippen LogP contribution in [0.4, 0.5) is 5.69 Å². The van der Waals surface area contributed by atoms with Crippen LogP contribution < -0.4 is 24.2 Å². The van der Waals surface area contributed by atoms with Gasteiger partial charge in [0.1, 0.15) is 11.2 Å². The average Bonchev–Trinajstić information content (AvgIpc) is 3.24. The summed E-state index contributed by atoms with van der Waals surface area (Å²) in [6.45, 7) is 10.8. The molecule has 0 radical (unpaired) electrons. The molecule has 5 rings (SSSR count). The standard InChI is InChI=1S/C33H34N3OS/c1-5-34-27(20-17-25-12-8-10-14-29(25)34)19-16-24(4)22-31-33(37)36(7-3)32(38-31)23-28-21-18-26-13-9-11-15-30(26)35(28)6-2/h8-23H,5-7H2,1-4H3/q+1/b24-16+,27-19+,31-22-. The lowest BCUT2D eigenvalue weighted by atomic mass is 10.1. The van der Waals surface area contributed by atoms with E-state index in [1.54, 1.807) is 11.3 Å². The molecule has 4 aromatic rings. The summed E-state index contributed by atoms with van der Waals surface area (Å²) >= 11 is 1.56. The first-order valence-corrected chi connectivity index (χ1v) is 14.1. The Kier molecular flexibility index (Phi) is 7.57. The molecule has 0 fully saturated rings. The van der Waals surface area contributed by atoms with E-state index in [0.717, 1.165) is 39.2 Å². The Morgan fingerprint density at radius 3 is 2.53 bits per heavy atom. The molecule has 1 aliphatic heterocycles. The first kappa shape index (κ1) is 25.7. The van der Waals surface area contributed by atoms with E-state index in [1.807, 2.05) is 17.6 Å². The van der Waals surface area contributed by atoms with Crippen LogP contribution in [0.25, 0.3) is 29.1 Å². The number of nitrogens with zero attached hydrogens (tertiary/aromatic N) is 3. The van der Waals surface area contributed by atoms with Crippen LogP contribution >= 0.6 is 11.3 Å². The Labute approximate surface area is 228 Å². The summed E-state index contributed by atoms with van der Waals surface area (Å²) in [5.74, 6) is 0. The maximum atomic E-state index is 13.3. The van der Waals surface area contributed by atoms with Gasteiger partial charge in [-0.05, 0) is 75.3 Å². The third kappa shape index (κ3) is 4.94. The van der Waals surface area contributed by atoms with Gasteiger partial charge in [0.25, 0.3) is 5.56 Å². The number of benzene rings is 2. The van der Waals surface area contributed by atoms with Crippen molar-refractivity contribution in [2.24, 2.45) is 0 Å². The molecule has 38 heavy (non-hydrogen) atoms. The van der Waals surface area contributed by atoms with Crippen molar-refractivity contribution in [1.29, 1.82) is 0 Å². The van der Waals surface area contributed by atoms with Gasteiger partial charge in [-0.15, -0.1) is 11.3 Å². The van der Waals surface area contributed by atoms with Crippen molar-refractivity contribution in [3.05, 3.63) is 121 Å². The van der Waals surface area contributed by atoms with Crippen molar-refractivity contribution in [3.63, 3.8) is 0 Å². The number of pyridine rings is 1. The summed E-state index contributed by atoms with van der Waals surface area (Å²) in [7, 11) is 0. The van der Waals surface area contributed by atoms with Gasteiger partial charge in [-0.2, -0.15) is 4.57 Å². The Balaban J connectivity index is 1.54. The van der Waals surface area contributed by atoms with Crippen LogP contribution in [0.3, 0.4) is 0 Å². The SMILES string of the molecule is CCN1/C(=C/C=C(C)/C=c2\s/c(=C/c3ccc4ccccc4[n+]3CC)n(CC)c2=O)C=Cc2ccccc21. The minimum Gasteiger partial charge on any atom is -0.341 e. The molecule has 0 saturated heterocycles. The molecule has 0 saturated carbocycles. The highest BCUT2D eigenvalue weighted by molar-refractivity contribution is 7.07. The molecule has 0 atom stereocenters. The highest BCUT2D eigenvalue weighted by Crippen LogP contribution is 2.30. The van der Waals surface area contributed by atoms with Crippen molar-refractivity contribution < 1.29 is 4.57 Å². The molecule has 4 nitrogen and oxygen atoms in total. The van der Waals surface area contributed by atoms with Gasteiger partial charge in [0.15, 0.2) is 0 Å². The molecule has 3 heterocycles. The molecule has 0 N–H and O–H groups in total. The lowest BCUT2D eigenvalue weighted by Crippen LogP contribution is -2.38. The number of aromatic nitrogens is 2. The fraction of sp³-hybridized carbons (Fsp3) is 0.212. The second-order valence-electron chi connectivity index (χ2n) is 9.34. The Morgan fingerprint density at radius 1 is 0.947 bits per heavy atom. The Bertz CT molecular complexity index is 1770. The normalized spacial score (nSPS) is 15.6. The lowest BCUT2D eigenvalue weighted by Gasteiger charge is -2.29. The topological polar surface area (TPSA) is 29.1 Å². The molecular formula is C33H34N3OS+. The highest BCUT2D eigenvalue weighted by atomic mass is 32.1. The maximum absolute atomic E-state index is 13.3. The van der Waals surface area contributed by atoms with Gasteiger partial charge >= 0.3 is 0 Å². The van der Waals surface area contributed by atoms with Gasteiger partial charge in [0.2, 0.25) is 11.2 Å². The zero-order chi connectivity index (χ0) is 26.6. The number of para-hydroxylation sites is 2. The minimum absolute atomic E-state index is 0.0645. The second-order valence-corrected chi connectivity index (χ2v) is 10.4. The summed E-state index contributed by atoms with van der Waals surface area (Å²) in [5.41, 5.74) is 7.01. The predicted molar refractivity (Wildman–Crippen MR) is 162 cm³/mol. The van der Waals surface area contributed by atoms with Gasteiger partial charge in [0.05, 0.1) is 4.53 Å². The predicted octanol–water partition coefficient (Wildman–Crippen LogP) is 5.38. The summed E-state index contributed by atoms with van der Waals surface area (Å²) in [6, 6.07) is 21.2. The number of aryl methyl sites for hydroxylation is 1. The molecule has 0 unspecified atom stereocenters. The van der Waals surface area contributed by atoms with E-state index in [9.17, 15) is 4.79 Å². The quantitative estimate of drug-likeness (QED) is 0.319.